The number of aryl methyl sites for hydroxylation is 2. The molecule has 0 bridgehead atoms. The van der Waals surface area contributed by atoms with Crippen LogP contribution in [0.2, 0.25) is 0 Å². The van der Waals surface area contributed by atoms with E-state index in [1.807, 2.05) is 25.3 Å². The lowest BCUT2D eigenvalue weighted by Gasteiger charge is -2.21. The Kier molecular flexibility index (Phi) is 2.87. The molecule has 4 aromatic rings. The number of H-pyrrole nitrogens is 2. The first-order valence-corrected chi connectivity index (χ1v) is 9.34. The van der Waals surface area contributed by atoms with E-state index in [0.29, 0.717) is 11.5 Å². The summed E-state index contributed by atoms with van der Waals surface area (Å²) in [6, 6.07) is 4.04. The second-order valence-corrected chi connectivity index (χ2v) is 7.73. The number of rotatable bonds is 1. The smallest absolute Gasteiger partial charge is 0.0788 e. The first kappa shape index (κ1) is 13.9. The van der Waals surface area contributed by atoms with Crippen LogP contribution in [0.1, 0.15) is 16.8 Å². The zero-order valence-electron chi connectivity index (χ0n) is 13.1. The summed E-state index contributed by atoms with van der Waals surface area (Å²) in [7, 11) is -0.841. The molecule has 5 rings (SSSR count). The summed E-state index contributed by atoms with van der Waals surface area (Å²) in [6.07, 6.45) is 4.46. The number of hydrogen-bond donors (Lipinski definition) is 2. The molecule has 4 heterocycles. The van der Waals surface area contributed by atoms with Gasteiger partial charge in [0.1, 0.15) is 0 Å². The van der Waals surface area contributed by atoms with Crippen LogP contribution in [0, 0.1) is 6.92 Å². The van der Waals surface area contributed by atoms with Crippen molar-refractivity contribution >= 4 is 32.6 Å². The van der Waals surface area contributed by atoms with Crippen molar-refractivity contribution in [1.82, 2.24) is 25.4 Å². The first-order chi connectivity index (χ1) is 11.7. The summed E-state index contributed by atoms with van der Waals surface area (Å²) >= 11 is 0. The Labute approximate surface area is 140 Å². The minimum atomic E-state index is -0.841. The molecule has 0 amide bonds. The van der Waals surface area contributed by atoms with Crippen LogP contribution in [-0.4, -0.2) is 35.3 Å². The van der Waals surface area contributed by atoms with Gasteiger partial charge in [0, 0.05) is 38.6 Å². The van der Waals surface area contributed by atoms with Crippen LogP contribution in [0.5, 0.6) is 0 Å². The normalized spacial score (nSPS) is 17.5. The molecule has 0 spiro atoms. The van der Waals surface area contributed by atoms with E-state index < -0.39 is 10.8 Å². The average Bonchev–Trinajstić information content (AvgIpc) is 3.22. The lowest BCUT2D eigenvalue weighted by Crippen LogP contribution is -2.16. The Morgan fingerprint density at radius 3 is 2.83 bits per heavy atom. The quantitative estimate of drug-likeness (QED) is 0.559. The minimum Gasteiger partial charge on any atom is -0.282 e. The summed E-state index contributed by atoms with van der Waals surface area (Å²) in [4.78, 5) is 4.92. The molecule has 0 fully saturated rings. The van der Waals surface area contributed by atoms with Crippen molar-refractivity contribution < 1.29 is 4.21 Å². The standard InChI is InChI=1S/C17H15N5OS/c1-9-11(6-18-21-9)17-13-8-24(23)5-4-10(13)16-12-7-19-22-14(12)2-3-15(16)20-17/h2-3,6-7H,4-5,8H2,1H3,(H,18,21)(H,19,22). The Morgan fingerprint density at radius 2 is 2.00 bits per heavy atom. The van der Waals surface area contributed by atoms with E-state index in [1.54, 1.807) is 6.20 Å². The number of fused-ring (bicyclic) bond motifs is 5. The van der Waals surface area contributed by atoms with E-state index >= 15 is 0 Å². The molecule has 120 valence electrons. The Morgan fingerprint density at radius 1 is 1.12 bits per heavy atom. The fourth-order valence-electron chi connectivity index (χ4n) is 3.59. The maximum Gasteiger partial charge on any atom is 0.0788 e. The Bertz CT molecular complexity index is 1130. The molecule has 1 unspecified atom stereocenters. The molecule has 1 aromatic carbocycles. The van der Waals surface area contributed by atoms with Crippen LogP contribution in [0.25, 0.3) is 33.1 Å². The largest absolute Gasteiger partial charge is 0.282 e. The fraction of sp³-hybridized carbons (Fsp3) is 0.235. The lowest BCUT2D eigenvalue weighted by molar-refractivity contribution is 0.679. The summed E-state index contributed by atoms with van der Waals surface area (Å²) in [5.41, 5.74) is 7.16. The molecule has 2 N–H and O–H groups in total. The summed E-state index contributed by atoms with van der Waals surface area (Å²) < 4.78 is 12.2. The highest BCUT2D eigenvalue weighted by Gasteiger charge is 2.25. The summed E-state index contributed by atoms with van der Waals surface area (Å²) in [5, 5.41) is 16.5. The van der Waals surface area contributed by atoms with Crippen LogP contribution in [-0.2, 0) is 23.0 Å². The lowest BCUT2D eigenvalue weighted by atomic mass is 9.94. The van der Waals surface area contributed by atoms with Crippen molar-refractivity contribution in [2.75, 3.05) is 5.75 Å². The van der Waals surface area contributed by atoms with Gasteiger partial charge in [-0.15, -0.1) is 0 Å². The third-order valence-corrected chi connectivity index (χ3v) is 6.03. The van der Waals surface area contributed by atoms with E-state index in [0.717, 1.165) is 50.7 Å². The molecule has 7 heteroatoms. The fourth-order valence-corrected chi connectivity index (χ4v) is 4.80. The van der Waals surface area contributed by atoms with E-state index in [4.69, 9.17) is 4.98 Å². The molecule has 0 aliphatic carbocycles. The molecular weight excluding hydrogens is 322 g/mol. The van der Waals surface area contributed by atoms with Crippen LogP contribution in [0.3, 0.4) is 0 Å². The van der Waals surface area contributed by atoms with Gasteiger partial charge in [-0.25, -0.2) is 4.98 Å². The van der Waals surface area contributed by atoms with Crippen molar-refractivity contribution in [1.29, 1.82) is 0 Å². The van der Waals surface area contributed by atoms with E-state index in [9.17, 15) is 4.21 Å². The monoisotopic (exact) mass is 337 g/mol. The van der Waals surface area contributed by atoms with Gasteiger partial charge in [-0.05, 0) is 36.6 Å². The molecule has 24 heavy (non-hydrogen) atoms. The molecule has 0 saturated heterocycles. The number of aromatic amines is 2. The Balaban J connectivity index is 1.94. The SMILES string of the molecule is Cc1[nH]ncc1-c1nc2ccc3[nH]ncc3c2c2c1CS(=O)CC2. The van der Waals surface area contributed by atoms with Gasteiger partial charge < -0.3 is 0 Å². The van der Waals surface area contributed by atoms with Gasteiger partial charge in [-0.2, -0.15) is 10.2 Å². The van der Waals surface area contributed by atoms with Crippen molar-refractivity contribution in [3.8, 4) is 11.3 Å². The predicted octanol–water partition coefficient (Wildman–Crippen LogP) is 2.61. The molecule has 1 atom stereocenters. The van der Waals surface area contributed by atoms with Crippen molar-refractivity contribution in [3.05, 3.63) is 41.3 Å². The average molecular weight is 337 g/mol. The highest BCUT2D eigenvalue weighted by molar-refractivity contribution is 7.84. The number of pyridine rings is 1. The van der Waals surface area contributed by atoms with Gasteiger partial charge in [-0.3, -0.25) is 14.4 Å². The van der Waals surface area contributed by atoms with Gasteiger partial charge in [-0.1, -0.05) is 0 Å². The molecule has 6 nitrogen and oxygen atoms in total. The number of aromatic nitrogens is 5. The molecule has 1 aliphatic rings. The summed E-state index contributed by atoms with van der Waals surface area (Å²) in [5.74, 6) is 1.25. The third kappa shape index (κ3) is 1.88. The molecular formula is C17H15N5OS. The second-order valence-electron chi connectivity index (χ2n) is 6.16. The van der Waals surface area contributed by atoms with Crippen LogP contribution < -0.4 is 0 Å². The van der Waals surface area contributed by atoms with Gasteiger partial charge in [0.25, 0.3) is 0 Å². The minimum absolute atomic E-state index is 0.548. The molecule has 0 radical (unpaired) electrons. The van der Waals surface area contributed by atoms with Crippen LogP contribution in [0.4, 0.5) is 0 Å². The third-order valence-electron chi connectivity index (χ3n) is 4.76. The topological polar surface area (TPSA) is 87.3 Å². The maximum absolute atomic E-state index is 12.2. The number of hydrogen-bond acceptors (Lipinski definition) is 4. The van der Waals surface area contributed by atoms with Gasteiger partial charge in [0.15, 0.2) is 0 Å². The van der Waals surface area contributed by atoms with Crippen molar-refractivity contribution in [2.24, 2.45) is 0 Å². The Hall–Kier alpha value is -2.54. The zero-order chi connectivity index (χ0) is 16.3. The van der Waals surface area contributed by atoms with E-state index in [1.165, 1.54) is 5.56 Å². The van der Waals surface area contributed by atoms with Gasteiger partial charge >= 0.3 is 0 Å². The van der Waals surface area contributed by atoms with E-state index in [2.05, 4.69) is 20.4 Å². The molecule has 3 aromatic heterocycles. The van der Waals surface area contributed by atoms with Crippen LogP contribution in [0.15, 0.2) is 24.5 Å². The van der Waals surface area contributed by atoms with Crippen molar-refractivity contribution in [3.63, 3.8) is 0 Å². The summed E-state index contributed by atoms with van der Waals surface area (Å²) in [6.45, 7) is 1.99. The first-order valence-electron chi connectivity index (χ1n) is 7.85. The molecule has 1 aliphatic heterocycles. The number of nitrogens with one attached hydrogen (secondary N) is 2. The number of benzene rings is 1. The van der Waals surface area contributed by atoms with Gasteiger partial charge in [0.05, 0.1) is 34.9 Å². The highest BCUT2D eigenvalue weighted by atomic mass is 32.2. The maximum atomic E-state index is 12.2. The van der Waals surface area contributed by atoms with Crippen LogP contribution >= 0.6 is 0 Å². The van der Waals surface area contributed by atoms with Gasteiger partial charge in [0.2, 0.25) is 0 Å². The predicted molar refractivity (Wildman–Crippen MR) is 94.1 cm³/mol. The zero-order valence-corrected chi connectivity index (χ0v) is 13.9. The number of nitrogens with zero attached hydrogens (tertiary/aromatic N) is 3. The van der Waals surface area contributed by atoms with Crippen molar-refractivity contribution in [2.45, 2.75) is 19.1 Å². The van der Waals surface area contributed by atoms with E-state index in [-0.39, 0.29) is 0 Å². The second kappa shape index (κ2) is 4.98. The highest BCUT2D eigenvalue weighted by Crippen LogP contribution is 2.37. The molecule has 0 saturated carbocycles.